The second-order valence-corrected chi connectivity index (χ2v) is 3.85. The molecule has 7 heteroatoms. The molecule has 0 aliphatic carbocycles. The van der Waals surface area contributed by atoms with Gasteiger partial charge in [0.2, 0.25) is 0 Å². The van der Waals surface area contributed by atoms with Gasteiger partial charge in [0.05, 0.1) is 5.25 Å². The minimum Gasteiger partial charge on any atom is -0.409 e. The number of thioether (sulfide) groups is 1. The summed E-state index contributed by atoms with van der Waals surface area (Å²) in [5, 5.41) is 11.5. The van der Waals surface area contributed by atoms with Gasteiger partial charge >= 0.3 is 0 Å². The molecular weight excluding hydrogens is 204 g/mol. The molecule has 1 aromatic heterocycles. The Morgan fingerprint density at radius 2 is 2.57 bits per heavy atom. The Morgan fingerprint density at radius 3 is 3.14 bits per heavy atom. The molecule has 0 amide bonds. The van der Waals surface area contributed by atoms with Gasteiger partial charge in [-0.25, -0.2) is 4.98 Å². The lowest BCUT2D eigenvalue weighted by Gasteiger charge is -2.06. The van der Waals surface area contributed by atoms with Gasteiger partial charge in [-0.2, -0.15) is 0 Å². The van der Waals surface area contributed by atoms with Crippen LogP contribution in [0, 0.1) is 0 Å². The molecule has 4 N–H and O–H groups in total. The van der Waals surface area contributed by atoms with Crippen LogP contribution in [0.1, 0.15) is 6.92 Å². The Balaban J connectivity index is 2.74. The summed E-state index contributed by atoms with van der Waals surface area (Å²) in [7, 11) is 0. The zero-order valence-electron chi connectivity index (χ0n) is 7.47. The van der Waals surface area contributed by atoms with E-state index in [-0.39, 0.29) is 16.6 Å². The summed E-state index contributed by atoms with van der Waals surface area (Å²) < 4.78 is 0. The van der Waals surface area contributed by atoms with E-state index in [1.54, 1.807) is 6.92 Å². The molecule has 0 aliphatic heterocycles. The number of H-pyrrole nitrogens is 1. The third-order valence-corrected chi connectivity index (χ3v) is 2.49. The molecule has 0 radical (unpaired) electrons. The number of hydrogen-bond acceptors (Lipinski definition) is 5. The minimum atomic E-state index is -0.245. The summed E-state index contributed by atoms with van der Waals surface area (Å²) in [6.07, 6.45) is 1.40. The van der Waals surface area contributed by atoms with E-state index >= 15 is 0 Å². The fourth-order valence-corrected chi connectivity index (χ4v) is 1.51. The van der Waals surface area contributed by atoms with E-state index < -0.39 is 0 Å². The van der Waals surface area contributed by atoms with Gasteiger partial charge in [0.15, 0.2) is 11.0 Å². The quantitative estimate of drug-likeness (QED) is 0.164. The third-order valence-electron chi connectivity index (χ3n) is 1.47. The molecule has 1 aromatic rings. The highest BCUT2D eigenvalue weighted by atomic mass is 32.2. The Labute approximate surface area is 84.2 Å². The summed E-state index contributed by atoms with van der Waals surface area (Å²) in [5.74, 6) is 0.0847. The van der Waals surface area contributed by atoms with Crippen molar-refractivity contribution in [3.05, 3.63) is 22.6 Å². The summed E-state index contributed by atoms with van der Waals surface area (Å²) in [5.41, 5.74) is 5.13. The lowest BCUT2D eigenvalue weighted by molar-refractivity contribution is 0.317. The predicted octanol–water partition coefficient (Wildman–Crippen LogP) is -0.00310. The van der Waals surface area contributed by atoms with Crippen LogP contribution < -0.4 is 11.3 Å². The maximum atomic E-state index is 10.9. The van der Waals surface area contributed by atoms with Gasteiger partial charge in [-0.15, -0.1) is 0 Å². The van der Waals surface area contributed by atoms with Crippen LogP contribution in [0.3, 0.4) is 0 Å². The van der Waals surface area contributed by atoms with Gasteiger partial charge < -0.3 is 15.9 Å². The highest BCUT2D eigenvalue weighted by molar-refractivity contribution is 8.00. The monoisotopic (exact) mass is 214 g/mol. The van der Waals surface area contributed by atoms with Crippen molar-refractivity contribution in [2.75, 3.05) is 0 Å². The van der Waals surface area contributed by atoms with Gasteiger partial charge in [-0.05, 0) is 6.92 Å². The third kappa shape index (κ3) is 2.77. The van der Waals surface area contributed by atoms with Gasteiger partial charge in [0.1, 0.15) is 0 Å². The highest BCUT2D eigenvalue weighted by Gasteiger charge is 2.10. The van der Waals surface area contributed by atoms with Gasteiger partial charge in [-0.3, -0.25) is 4.79 Å². The number of aromatic amines is 1. The summed E-state index contributed by atoms with van der Waals surface area (Å²) in [6.45, 7) is 1.74. The van der Waals surface area contributed by atoms with Crippen molar-refractivity contribution in [2.45, 2.75) is 17.3 Å². The number of nitrogens with zero attached hydrogens (tertiary/aromatic N) is 2. The van der Waals surface area contributed by atoms with Crippen LogP contribution in [0.5, 0.6) is 0 Å². The smallest absolute Gasteiger partial charge is 0.251 e. The second kappa shape index (κ2) is 4.66. The van der Waals surface area contributed by atoms with Crippen LogP contribution in [-0.4, -0.2) is 26.3 Å². The zero-order chi connectivity index (χ0) is 10.6. The van der Waals surface area contributed by atoms with E-state index in [0.29, 0.717) is 5.16 Å². The molecular formula is C7H10N4O2S. The molecule has 76 valence electrons. The molecule has 6 nitrogen and oxygen atoms in total. The molecule has 0 spiro atoms. The van der Waals surface area contributed by atoms with Crippen molar-refractivity contribution in [3.63, 3.8) is 0 Å². The lowest BCUT2D eigenvalue weighted by atomic mass is 10.4. The van der Waals surface area contributed by atoms with Crippen LogP contribution in [0.25, 0.3) is 0 Å². The summed E-state index contributed by atoms with van der Waals surface area (Å²) in [6, 6.07) is 1.32. The molecule has 0 saturated heterocycles. The second-order valence-electron chi connectivity index (χ2n) is 2.52. The average molecular weight is 214 g/mol. The van der Waals surface area contributed by atoms with Crippen molar-refractivity contribution in [1.82, 2.24) is 9.97 Å². The fourth-order valence-electron chi connectivity index (χ4n) is 0.721. The molecule has 0 saturated carbocycles. The van der Waals surface area contributed by atoms with E-state index in [1.807, 2.05) is 0 Å². The Kier molecular flexibility index (Phi) is 3.52. The first-order chi connectivity index (χ1) is 6.63. The van der Waals surface area contributed by atoms with E-state index in [1.165, 1.54) is 24.0 Å². The standard InChI is InChI=1S/C7H10N4O2S/c1-4(6(8)11-13)14-7-9-3-2-5(12)10-7/h2-4,13H,1H3,(H2,8,11)(H,9,10,12). The Bertz CT molecular complexity index is 389. The largest absolute Gasteiger partial charge is 0.409 e. The molecule has 0 fully saturated rings. The van der Waals surface area contributed by atoms with Crippen LogP contribution in [0.4, 0.5) is 0 Å². The number of nitrogens with one attached hydrogen (secondary N) is 1. The SMILES string of the molecule is CC(Sc1nccc(=O)[nH]1)C(N)=NO. The number of rotatable bonds is 3. The molecule has 14 heavy (non-hydrogen) atoms. The average Bonchev–Trinajstić information content (AvgIpc) is 2.16. The van der Waals surface area contributed by atoms with Crippen LogP contribution in [-0.2, 0) is 0 Å². The molecule has 1 heterocycles. The van der Waals surface area contributed by atoms with E-state index in [9.17, 15) is 4.79 Å². The van der Waals surface area contributed by atoms with Gasteiger partial charge in [0.25, 0.3) is 5.56 Å². The first kappa shape index (κ1) is 10.6. The lowest BCUT2D eigenvalue weighted by Crippen LogP contribution is -2.23. The number of aromatic nitrogens is 2. The summed E-state index contributed by atoms with van der Waals surface area (Å²) >= 11 is 1.21. The van der Waals surface area contributed by atoms with E-state index in [4.69, 9.17) is 10.9 Å². The number of oxime groups is 1. The molecule has 1 atom stereocenters. The molecule has 1 rings (SSSR count). The minimum absolute atomic E-state index is 0.0847. The molecule has 1 unspecified atom stereocenters. The molecule has 0 bridgehead atoms. The first-order valence-electron chi connectivity index (χ1n) is 3.83. The zero-order valence-corrected chi connectivity index (χ0v) is 8.28. The van der Waals surface area contributed by atoms with Gasteiger partial charge in [0, 0.05) is 12.3 Å². The summed E-state index contributed by atoms with van der Waals surface area (Å²) in [4.78, 5) is 17.3. The van der Waals surface area contributed by atoms with Crippen LogP contribution in [0.2, 0.25) is 0 Å². The van der Waals surface area contributed by atoms with Crippen LogP contribution in [0.15, 0.2) is 27.4 Å². The first-order valence-corrected chi connectivity index (χ1v) is 4.71. The maximum absolute atomic E-state index is 10.9. The van der Waals surface area contributed by atoms with Crippen molar-refractivity contribution in [3.8, 4) is 0 Å². The number of amidine groups is 1. The van der Waals surface area contributed by atoms with E-state index in [0.717, 1.165) is 0 Å². The van der Waals surface area contributed by atoms with E-state index in [2.05, 4.69) is 15.1 Å². The normalized spacial score (nSPS) is 13.9. The molecule has 0 aliphatic rings. The highest BCUT2D eigenvalue weighted by Crippen LogP contribution is 2.17. The number of nitrogens with two attached hydrogens (primary N) is 1. The van der Waals surface area contributed by atoms with Crippen molar-refractivity contribution >= 4 is 17.6 Å². The van der Waals surface area contributed by atoms with Crippen molar-refractivity contribution in [1.29, 1.82) is 0 Å². The predicted molar refractivity (Wildman–Crippen MR) is 53.6 cm³/mol. The Morgan fingerprint density at radius 1 is 1.86 bits per heavy atom. The molecule has 0 aromatic carbocycles. The maximum Gasteiger partial charge on any atom is 0.251 e. The fraction of sp³-hybridized carbons (Fsp3) is 0.286. The van der Waals surface area contributed by atoms with Gasteiger partial charge in [-0.1, -0.05) is 16.9 Å². The topological polar surface area (TPSA) is 104 Å². The number of hydrogen-bond donors (Lipinski definition) is 3. The van der Waals surface area contributed by atoms with Crippen LogP contribution >= 0.6 is 11.8 Å². The Hall–Kier alpha value is -1.50. The van der Waals surface area contributed by atoms with Crippen molar-refractivity contribution in [2.24, 2.45) is 10.9 Å². The van der Waals surface area contributed by atoms with Crippen molar-refractivity contribution < 1.29 is 5.21 Å².